The Morgan fingerprint density at radius 2 is 2.20 bits per heavy atom. The number of hydrogen-bond donors (Lipinski definition) is 1. The van der Waals surface area contributed by atoms with Crippen LogP contribution in [0.15, 0.2) is 0 Å². The Balaban J connectivity index is 2.38. The van der Waals surface area contributed by atoms with Crippen LogP contribution in [-0.2, 0) is 4.18 Å². The normalized spacial score (nSPS) is 49.2. The summed E-state index contributed by atoms with van der Waals surface area (Å²) in [5, 5.41) is 8.37. The summed E-state index contributed by atoms with van der Waals surface area (Å²) in [6.45, 7) is 0. The van der Waals surface area contributed by atoms with E-state index in [4.69, 9.17) is 5.11 Å². The second-order valence-electron chi connectivity index (χ2n) is 0.749. The molecular weight excluding hydrogens is 151 g/mol. The Labute approximate surface area is 42.6 Å². The zero-order chi connectivity index (χ0) is 3.91. The van der Waals surface area contributed by atoms with E-state index in [1.165, 1.54) is 0 Å². The van der Waals surface area contributed by atoms with Gasteiger partial charge in [0.25, 0.3) is 0 Å². The number of rotatable bonds is 0. The molecule has 0 amide bonds. The van der Waals surface area contributed by atoms with E-state index in [9.17, 15) is 0 Å². The molecule has 0 saturated carbocycles. The van der Waals surface area contributed by atoms with E-state index in [0.717, 1.165) is 12.0 Å². The molecule has 1 saturated heterocycles. The van der Waals surface area contributed by atoms with E-state index >= 15 is 0 Å². The summed E-state index contributed by atoms with van der Waals surface area (Å²) in [5.74, 6) is 0. The van der Waals surface area contributed by atoms with E-state index < -0.39 is 3.91 Å². The third-order valence-electron chi connectivity index (χ3n) is 0.241. The molecule has 29 valence electrons. The summed E-state index contributed by atoms with van der Waals surface area (Å²) in [6, 6.07) is 0. The molecule has 0 aliphatic carbocycles. The molecule has 0 spiro atoms. The van der Waals surface area contributed by atoms with Crippen molar-refractivity contribution < 1.29 is 9.29 Å². The zero-order valence-corrected chi connectivity index (χ0v) is 5.18. The van der Waals surface area contributed by atoms with Crippen molar-refractivity contribution in [2.24, 2.45) is 0 Å². The Morgan fingerprint density at radius 3 is 2.20 bits per heavy atom. The second kappa shape index (κ2) is 0.908. The number of aliphatic hydroxyl groups is 1. The van der Waals surface area contributed by atoms with Crippen molar-refractivity contribution in [3.63, 3.8) is 0 Å². The van der Waals surface area contributed by atoms with Crippen molar-refractivity contribution in [2.75, 3.05) is 0 Å². The maximum absolute atomic E-state index is 8.37. The van der Waals surface area contributed by atoms with E-state index in [-0.39, 0.29) is 0 Å². The molecule has 1 N–H and O–H groups in total. The fourth-order valence-electron chi connectivity index (χ4n) is 0.0395. The van der Waals surface area contributed by atoms with Crippen LogP contribution in [0.25, 0.3) is 0 Å². The van der Waals surface area contributed by atoms with Gasteiger partial charge in [-0.15, -0.1) is 0 Å². The molecule has 0 aromatic heterocycles. The maximum atomic E-state index is 8.37. The molecule has 1 rings (SSSR count). The van der Waals surface area contributed by atoms with Crippen LogP contribution in [0.1, 0.15) is 0 Å². The predicted molar refractivity (Wildman–Crippen MR) is 20.8 cm³/mol. The van der Waals surface area contributed by atoms with Crippen LogP contribution in [0, 0.1) is 0 Å². The van der Waals surface area contributed by atoms with Gasteiger partial charge in [-0.3, -0.25) is 0 Å². The molecule has 5 heavy (non-hydrogen) atoms. The average molecular weight is 153 g/mol. The fourth-order valence-corrected chi connectivity index (χ4v) is 0.381. The minimum absolute atomic E-state index is 0.833. The summed E-state index contributed by atoms with van der Waals surface area (Å²) in [6.07, 6.45) is 0. The quantitative estimate of drug-likeness (QED) is 0.280. The van der Waals surface area contributed by atoms with Gasteiger partial charge in [0.2, 0.25) is 0 Å². The molecule has 1 aliphatic rings. The first-order valence-electron chi connectivity index (χ1n) is 1.05. The van der Waals surface area contributed by atoms with Gasteiger partial charge in [0.1, 0.15) is 0 Å². The molecule has 1 aliphatic heterocycles. The average Bonchev–Trinajstić information content (AvgIpc) is 1.76. The third-order valence-corrected chi connectivity index (χ3v) is 1.77. The molecule has 1 unspecified atom stereocenters. The van der Waals surface area contributed by atoms with Gasteiger partial charge in [-0.1, -0.05) is 0 Å². The molecule has 1 radical (unpaired) electrons. The Bertz CT molecular complexity index is 47.6. The van der Waals surface area contributed by atoms with Crippen LogP contribution >= 0.6 is 12.0 Å². The molecule has 1 atom stereocenters. The van der Waals surface area contributed by atoms with Crippen LogP contribution in [0.3, 0.4) is 0 Å². The van der Waals surface area contributed by atoms with Gasteiger partial charge in [-0.2, -0.15) is 0 Å². The molecule has 4 heteroatoms. The van der Waals surface area contributed by atoms with Gasteiger partial charge in [0.15, 0.2) is 0 Å². The van der Waals surface area contributed by atoms with Gasteiger partial charge >= 0.3 is 42.1 Å². The number of hydrogen-bond acceptors (Lipinski definition) is 3. The standard InChI is InChI=1S/CH2AsO2S/c2-1(3)4-5-1/h2-3H. The van der Waals surface area contributed by atoms with Crippen LogP contribution in [0.5, 0.6) is 0 Å². The summed E-state index contributed by atoms with van der Waals surface area (Å²) in [4.78, 5) is 0. The van der Waals surface area contributed by atoms with Gasteiger partial charge in [-0.25, -0.2) is 0 Å². The Morgan fingerprint density at radius 1 is 2.00 bits per heavy atom. The Hall–Kier alpha value is 0.828. The summed E-state index contributed by atoms with van der Waals surface area (Å²) < 4.78 is 3.53. The SMILES string of the molecule is OC1([AsH])OS1. The van der Waals surface area contributed by atoms with Gasteiger partial charge in [0.05, 0.1) is 0 Å². The fraction of sp³-hybridized carbons (Fsp3) is 1.00. The van der Waals surface area contributed by atoms with Crippen molar-refractivity contribution in [3.05, 3.63) is 0 Å². The van der Waals surface area contributed by atoms with Crippen LogP contribution in [-0.4, -0.2) is 25.9 Å². The third kappa shape index (κ3) is 1.14. The van der Waals surface area contributed by atoms with Crippen molar-refractivity contribution in [1.29, 1.82) is 0 Å². The van der Waals surface area contributed by atoms with Crippen molar-refractivity contribution in [1.82, 2.24) is 0 Å². The summed E-state index contributed by atoms with van der Waals surface area (Å²) >= 11 is 2.68. The van der Waals surface area contributed by atoms with Crippen molar-refractivity contribution >= 4 is 28.9 Å². The van der Waals surface area contributed by atoms with E-state index in [1.54, 1.807) is 16.9 Å². The van der Waals surface area contributed by atoms with E-state index in [2.05, 4.69) is 4.18 Å². The summed E-state index contributed by atoms with van der Waals surface area (Å²) in [7, 11) is 0. The second-order valence-corrected chi connectivity index (χ2v) is 3.82. The minimum atomic E-state index is -0.833. The molecular formula is CH2AsO2S. The molecule has 2 nitrogen and oxygen atoms in total. The molecule has 0 bridgehead atoms. The first kappa shape index (κ1) is 4.00. The van der Waals surface area contributed by atoms with Gasteiger partial charge in [0, 0.05) is 0 Å². The molecule has 1 fully saturated rings. The molecule has 0 aromatic carbocycles. The predicted octanol–water partition coefficient (Wildman–Crippen LogP) is -0.831. The topological polar surface area (TPSA) is 32.8 Å². The molecule has 1 heterocycles. The van der Waals surface area contributed by atoms with Crippen LogP contribution < -0.4 is 0 Å². The van der Waals surface area contributed by atoms with Gasteiger partial charge in [-0.05, 0) is 0 Å². The van der Waals surface area contributed by atoms with E-state index in [0.29, 0.717) is 0 Å². The Kier molecular flexibility index (Phi) is 0.726. The van der Waals surface area contributed by atoms with Gasteiger partial charge < -0.3 is 0 Å². The molecule has 0 aromatic rings. The monoisotopic (exact) mass is 153 g/mol. The van der Waals surface area contributed by atoms with E-state index in [1.807, 2.05) is 0 Å². The first-order chi connectivity index (χ1) is 2.21. The first-order valence-corrected chi connectivity index (χ1v) is 2.84. The summed E-state index contributed by atoms with van der Waals surface area (Å²) in [5.41, 5.74) is 0. The van der Waals surface area contributed by atoms with Crippen molar-refractivity contribution in [2.45, 2.75) is 3.91 Å². The van der Waals surface area contributed by atoms with Crippen LogP contribution in [0.2, 0.25) is 0 Å². The zero-order valence-electron chi connectivity index (χ0n) is 2.26. The van der Waals surface area contributed by atoms with Crippen molar-refractivity contribution in [3.8, 4) is 0 Å². The van der Waals surface area contributed by atoms with Crippen LogP contribution in [0.4, 0.5) is 0 Å².